The first-order valence-electron chi connectivity index (χ1n) is 27.9. The van der Waals surface area contributed by atoms with Gasteiger partial charge in [0.1, 0.15) is 13.1 Å². The number of aromatic nitrogens is 6. The molecule has 20 heteroatoms. The number of ketones is 2. The van der Waals surface area contributed by atoms with Gasteiger partial charge in [0.15, 0.2) is 23.0 Å². The Morgan fingerprint density at radius 2 is 1.01 bits per heavy atom. The Hall–Kier alpha value is -3.12. The van der Waals surface area contributed by atoms with Gasteiger partial charge in [0.25, 0.3) is 0 Å². The molecule has 7 N–H and O–H groups in total. The van der Waals surface area contributed by atoms with Crippen molar-refractivity contribution in [3.05, 3.63) is 23.8 Å². The second-order valence-corrected chi connectivity index (χ2v) is 25.2. The van der Waals surface area contributed by atoms with Gasteiger partial charge < -0.3 is 45.6 Å². The fourth-order valence-electron chi connectivity index (χ4n) is 18.3. The van der Waals surface area contributed by atoms with Gasteiger partial charge in [-0.3, -0.25) is 9.59 Å². The molecule has 19 nitrogen and oxygen atoms in total. The van der Waals surface area contributed by atoms with E-state index in [1.165, 1.54) is 34.8 Å². The van der Waals surface area contributed by atoms with Crippen molar-refractivity contribution >= 4 is 23.5 Å². The fraction of sp³-hybridized carbons (Fsp3) is 0.862. The molecule has 0 spiro atoms. The van der Waals surface area contributed by atoms with Crippen LogP contribution in [-0.4, -0.2) is 137 Å². The number of hydrogen-bond donors (Lipinski definition) is 4. The first kappa shape index (κ1) is 69.1. The number of hydrogen-bond acceptors (Lipinski definition) is 15. The molecule has 8 saturated carbocycles. The third-order valence-electron chi connectivity index (χ3n) is 21.3. The summed E-state index contributed by atoms with van der Waals surface area (Å²) < 4.78 is 16.7. The van der Waals surface area contributed by atoms with Crippen LogP contribution in [0.4, 0.5) is 0 Å². The number of methoxy groups -OCH3 is 2. The molecule has 2 aromatic rings. The maximum atomic E-state index is 13.5. The summed E-state index contributed by atoms with van der Waals surface area (Å²) in [6, 6.07) is 0. The third kappa shape index (κ3) is 13.0. The van der Waals surface area contributed by atoms with Gasteiger partial charge in [-0.2, -0.15) is 19.8 Å². The average Bonchev–Trinajstić information content (AvgIpc) is 4.15. The summed E-state index contributed by atoms with van der Waals surface area (Å²) in [5, 5.41) is 54.6. The van der Waals surface area contributed by atoms with Crippen molar-refractivity contribution in [3.63, 3.8) is 0 Å². The maximum Gasteiger partial charge on any atom is 1.00 e. The minimum absolute atomic E-state index is 0. The number of aromatic carboxylic acids is 1. The van der Waals surface area contributed by atoms with E-state index in [-0.39, 0.29) is 127 Å². The summed E-state index contributed by atoms with van der Waals surface area (Å²) in [5.74, 6) is 3.18. The number of carboxylic acid groups (broad SMARTS) is 1. The Labute approximate surface area is 476 Å². The molecular weight excluding hydrogens is 996 g/mol. The number of carbonyl (C=O) groups excluding carboxylic acids is 3. The van der Waals surface area contributed by atoms with Gasteiger partial charge in [0, 0.05) is 32.7 Å². The number of aliphatic hydroxyl groups is 3. The maximum absolute atomic E-state index is 13.5. The second kappa shape index (κ2) is 27.3. The molecule has 16 atom stereocenters. The molecule has 8 fully saturated rings. The van der Waals surface area contributed by atoms with Crippen molar-refractivity contribution in [3.8, 4) is 0 Å². The number of carbonyl (C=O) groups is 4. The Kier molecular flexibility index (Phi) is 24.2. The Morgan fingerprint density at radius 1 is 0.615 bits per heavy atom. The molecular formula is C58H99LiN6O13. The zero-order chi connectivity index (χ0) is 52.7. The van der Waals surface area contributed by atoms with E-state index < -0.39 is 23.1 Å². The van der Waals surface area contributed by atoms with Crippen LogP contribution in [0.1, 0.15) is 193 Å². The summed E-state index contributed by atoms with van der Waals surface area (Å²) >= 11 is 0. The average molecular weight is 1100 g/mol. The van der Waals surface area contributed by atoms with E-state index in [1.807, 2.05) is 28.1 Å². The third-order valence-corrected chi connectivity index (χ3v) is 21.3. The van der Waals surface area contributed by atoms with Crippen LogP contribution in [0, 0.1) is 80.8 Å². The normalized spacial score (nSPS) is 38.5. The van der Waals surface area contributed by atoms with E-state index in [9.17, 15) is 29.4 Å². The van der Waals surface area contributed by atoms with Gasteiger partial charge in [-0.15, -0.1) is 10.2 Å². The van der Waals surface area contributed by atoms with E-state index in [4.69, 9.17) is 24.4 Å². The van der Waals surface area contributed by atoms with E-state index in [0.717, 1.165) is 116 Å². The Balaban J connectivity index is 0.000000369. The number of Topliss-reactive ketones (excluding diaryl/α,β-unsaturated/α-hetero) is 2. The van der Waals surface area contributed by atoms with Gasteiger partial charge >= 0.3 is 30.8 Å². The van der Waals surface area contributed by atoms with Crippen LogP contribution in [0.25, 0.3) is 0 Å². The number of aliphatic hydroxyl groups excluding tert-OH is 1. The van der Waals surface area contributed by atoms with Crippen molar-refractivity contribution < 1.29 is 83.6 Å². The summed E-state index contributed by atoms with van der Waals surface area (Å²) in [5.41, 5.74) is -0.830. The molecule has 2 aromatic heterocycles. The largest absolute Gasteiger partial charge is 1.00 e. The van der Waals surface area contributed by atoms with Crippen LogP contribution < -0.4 is 18.9 Å². The molecule has 78 heavy (non-hydrogen) atoms. The van der Waals surface area contributed by atoms with Crippen LogP contribution in [0.5, 0.6) is 0 Å². The summed E-state index contributed by atoms with van der Waals surface area (Å²) in [6.07, 6.45) is 21.1. The molecule has 0 radical (unpaired) electrons. The minimum atomic E-state index is -1.13. The fourth-order valence-corrected chi connectivity index (χ4v) is 18.3. The van der Waals surface area contributed by atoms with Crippen LogP contribution >= 0.6 is 0 Å². The first-order valence-corrected chi connectivity index (χ1v) is 27.9. The van der Waals surface area contributed by atoms with E-state index >= 15 is 0 Å². The first-order chi connectivity index (χ1) is 34.6. The van der Waals surface area contributed by atoms with Crippen LogP contribution in [0.3, 0.4) is 0 Å². The number of carboxylic acids is 1. The molecule has 0 unspecified atom stereocenters. The topological polar surface area (TPSA) is 300 Å². The van der Waals surface area contributed by atoms with Gasteiger partial charge in [-0.05, 0) is 212 Å². The number of ether oxygens (including phenoxy) is 3. The summed E-state index contributed by atoms with van der Waals surface area (Å²) in [4.78, 5) is 52.6. The predicted octanol–water partition coefficient (Wildman–Crippen LogP) is 4.92. The molecule has 440 valence electrons. The molecule has 0 bridgehead atoms. The van der Waals surface area contributed by atoms with Crippen LogP contribution in [-0.2, 0) is 36.9 Å². The van der Waals surface area contributed by atoms with Crippen molar-refractivity contribution in [1.29, 1.82) is 0 Å². The SMILES string of the molecule is C.C.CCO.CCOC(=O)c1cnn(CC(=O)[C@H]2CC[C@H]3[C@@H]4CC[C@H]5C[C@](C)(O)CC[C@]5(COC)[C@H]4CC[C@]23C)n1.COC[C@]12CC[C@@](C)(O)C[C@@H]1CC[C@H]1[C@@H]3CC[C@H](C(=O)Cn4ncc(C(=O)O)n4)[C@@]3(C)CC[C@@H]12.O.[Li+].[OH-]. The molecule has 10 rings (SSSR count). The molecule has 0 aromatic carbocycles. The van der Waals surface area contributed by atoms with Crippen LogP contribution in [0.15, 0.2) is 12.4 Å². The second-order valence-electron chi connectivity index (χ2n) is 25.2. The minimum Gasteiger partial charge on any atom is -0.870 e. The number of esters is 1. The molecule has 0 amide bonds. The predicted molar refractivity (Wildman–Crippen MR) is 289 cm³/mol. The molecule has 8 aliphatic carbocycles. The monoisotopic (exact) mass is 1090 g/mol. The number of rotatable bonds is 13. The van der Waals surface area contributed by atoms with Gasteiger partial charge in [-0.25, -0.2) is 9.59 Å². The Morgan fingerprint density at radius 3 is 1.38 bits per heavy atom. The zero-order valence-electron chi connectivity index (χ0n) is 47.2. The van der Waals surface area contributed by atoms with Gasteiger partial charge in [0.2, 0.25) is 0 Å². The van der Waals surface area contributed by atoms with Crippen molar-refractivity contribution in [2.24, 2.45) is 80.8 Å². The zero-order valence-corrected chi connectivity index (χ0v) is 47.2. The standard InChI is InChI=1S/C28H43N3O5.C26H39N3O5.C2H6O.2CH4.Li.2H2O/c1-5-36-25(33)23-15-29-31(30-23)16-24(32)22-9-8-20-19-7-6-18-14-26(2,34)12-13-28(18,17-35-4)21(19)10-11-27(20,22)3;1-24(33)10-11-26(15-34-3)16(12-24)4-5-17-18-6-7-20(25(18,2)9-8-19(17)26)22(30)14-29-27-13-21(28-29)23(31)32;1-2-3;;;;;/h15,18-22,34H,5-14,16-17H2,1-4H3;13,16-20,33H,4-12,14-15H2,1-3H3,(H,31,32);3H,2H2,1H3;2*1H4;;2*1H2/q;;;;;+1;;/p-1/t18-,19-,20-,21-,22+,26+,27-,28+;16-,17-,18-,19-,20+,24+,25-,26+;;;;;;/m00....../s1. The molecule has 2 heterocycles. The Bertz CT molecular complexity index is 2290. The summed E-state index contributed by atoms with van der Waals surface area (Å²) in [7, 11) is 3.65. The quantitative estimate of drug-likeness (QED) is 0.153. The van der Waals surface area contributed by atoms with E-state index in [2.05, 4.69) is 34.2 Å². The summed E-state index contributed by atoms with van der Waals surface area (Å²) in [6.45, 7) is 14.3. The van der Waals surface area contributed by atoms with Crippen molar-refractivity contribution in [2.75, 3.05) is 40.6 Å². The van der Waals surface area contributed by atoms with Crippen molar-refractivity contribution in [1.82, 2.24) is 30.0 Å². The van der Waals surface area contributed by atoms with Gasteiger partial charge in [-0.1, -0.05) is 28.7 Å². The van der Waals surface area contributed by atoms with Gasteiger partial charge in [0.05, 0.1) is 43.4 Å². The molecule has 0 saturated heterocycles. The van der Waals surface area contributed by atoms with E-state index in [0.29, 0.717) is 47.3 Å². The number of fused-ring (bicyclic) bond motifs is 10. The molecule has 8 aliphatic rings. The van der Waals surface area contributed by atoms with Crippen molar-refractivity contribution in [2.45, 2.75) is 196 Å². The smallest absolute Gasteiger partial charge is 0.870 e. The number of nitrogens with zero attached hydrogens (tertiary/aromatic N) is 6. The molecule has 0 aliphatic heterocycles. The van der Waals surface area contributed by atoms with E-state index in [1.54, 1.807) is 13.8 Å². The van der Waals surface area contributed by atoms with Crippen LogP contribution in [0.2, 0.25) is 0 Å².